The number of carbonyl (C=O) groups excluding carboxylic acids is 1. The molecule has 0 aliphatic carbocycles. The second-order valence-electron chi connectivity index (χ2n) is 3.25. The molecule has 1 aromatic carbocycles. The van der Waals surface area contributed by atoms with Crippen molar-refractivity contribution in [3.63, 3.8) is 0 Å². The molecule has 0 saturated carbocycles. The van der Waals surface area contributed by atoms with Gasteiger partial charge in [-0.1, -0.05) is 17.6 Å². The van der Waals surface area contributed by atoms with Gasteiger partial charge in [0.15, 0.2) is 0 Å². The summed E-state index contributed by atoms with van der Waals surface area (Å²) in [5, 5.41) is 0.915. The lowest BCUT2D eigenvalue weighted by molar-refractivity contribution is 0.0520. The SMILES string of the molecule is [B]c1ccc2[nH]c(C(=O)OCC)cc2c1. The number of aromatic amines is 1. The highest BCUT2D eigenvalue weighted by Gasteiger charge is 2.09. The topological polar surface area (TPSA) is 42.1 Å². The summed E-state index contributed by atoms with van der Waals surface area (Å²) < 4.78 is 4.89. The van der Waals surface area contributed by atoms with Gasteiger partial charge in [0, 0.05) is 5.52 Å². The molecule has 0 aliphatic rings. The van der Waals surface area contributed by atoms with Crippen molar-refractivity contribution >= 4 is 30.2 Å². The summed E-state index contributed by atoms with van der Waals surface area (Å²) in [5.74, 6) is -0.340. The molecule has 3 nitrogen and oxygen atoms in total. The molecule has 74 valence electrons. The second-order valence-corrected chi connectivity index (χ2v) is 3.25. The maximum Gasteiger partial charge on any atom is 0.354 e. The van der Waals surface area contributed by atoms with Crippen LogP contribution in [0.15, 0.2) is 24.3 Å². The fourth-order valence-electron chi connectivity index (χ4n) is 1.47. The van der Waals surface area contributed by atoms with Crippen LogP contribution in [-0.4, -0.2) is 25.4 Å². The van der Waals surface area contributed by atoms with Gasteiger partial charge in [0.05, 0.1) is 6.61 Å². The fraction of sp³-hybridized carbons (Fsp3) is 0.182. The Morgan fingerprint density at radius 1 is 1.47 bits per heavy atom. The van der Waals surface area contributed by atoms with Crippen molar-refractivity contribution in [3.8, 4) is 0 Å². The summed E-state index contributed by atoms with van der Waals surface area (Å²) >= 11 is 0. The predicted molar refractivity (Wildman–Crippen MR) is 59.6 cm³/mol. The van der Waals surface area contributed by atoms with Gasteiger partial charge in [0.25, 0.3) is 0 Å². The lowest BCUT2D eigenvalue weighted by Gasteiger charge is -1.96. The fourth-order valence-corrected chi connectivity index (χ4v) is 1.47. The molecule has 2 rings (SSSR count). The summed E-state index contributed by atoms with van der Waals surface area (Å²) in [4.78, 5) is 14.4. The zero-order chi connectivity index (χ0) is 10.8. The molecule has 1 aromatic heterocycles. The molecular formula is C11H10BNO2. The van der Waals surface area contributed by atoms with Crippen molar-refractivity contribution < 1.29 is 9.53 Å². The van der Waals surface area contributed by atoms with Gasteiger partial charge in [-0.25, -0.2) is 4.79 Å². The summed E-state index contributed by atoms with van der Waals surface area (Å²) in [7, 11) is 5.64. The summed E-state index contributed by atoms with van der Waals surface area (Å²) in [5.41, 5.74) is 2.02. The first-order valence-corrected chi connectivity index (χ1v) is 4.76. The minimum atomic E-state index is -0.340. The number of esters is 1. The number of H-pyrrole nitrogens is 1. The van der Waals surface area contributed by atoms with Crippen LogP contribution in [0.5, 0.6) is 0 Å². The summed E-state index contributed by atoms with van der Waals surface area (Å²) in [6, 6.07) is 7.18. The van der Waals surface area contributed by atoms with Gasteiger partial charge < -0.3 is 9.72 Å². The molecule has 4 heteroatoms. The van der Waals surface area contributed by atoms with E-state index >= 15 is 0 Å². The van der Waals surface area contributed by atoms with Crippen molar-refractivity contribution in [2.24, 2.45) is 0 Å². The molecule has 0 fully saturated rings. The Morgan fingerprint density at radius 3 is 3.00 bits per heavy atom. The monoisotopic (exact) mass is 199 g/mol. The number of ether oxygens (including phenoxy) is 1. The molecule has 0 unspecified atom stereocenters. The van der Waals surface area contributed by atoms with Gasteiger partial charge >= 0.3 is 5.97 Å². The Bertz CT molecular complexity index is 504. The van der Waals surface area contributed by atoms with E-state index in [-0.39, 0.29) is 5.97 Å². The Hall–Kier alpha value is -1.71. The van der Waals surface area contributed by atoms with E-state index in [9.17, 15) is 4.79 Å². The van der Waals surface area contributed by atoms with Crippen LogP contribution in [0.4, 0.5) is 0 Å². The molecular weight excluding hydrogens is 189 g/mol. The van der Waals surface area contributed by atoms with Gasteiger partial charge in [0.1, 0.15) is 13.5 Å². The molecule has 0 spiro atoms. The van der Waals surface area contributed by atoms with Crippen molar-refractivity contribution in [3.05, 3.63) is 30.0 Å². The van der Waals surface area contributed by atoms with Crippen LogP contribution in [0.1, 0.15) is 17.4 Å². The molecule has 1 heterocycles. The average molecular weight is 199 g/mol. The predicted octanol–water partition coefficient (Wildman–Crippen LogP) is 1.14. The molecule has 2 aromatic rings. The van der Waals surface area contributed by atoms with Gasteiger partial charge in [-0.15, -0.1) is 0 Å². The molecule has 0 amide bonds. The number of benzene rings is 1. The Kier molecular flexibility index (Phi) is 2.50. The number of nitrogens with one attached hydrogen (secondary N) is 1. The number of rotatable bonds is 2. The highest BCUT2D eigenvalue weighted by atomic mass is 16.5. The van der Waals surface area contributed by atoms with Crippen molar-refractivity contribution in [2.45, 2.75) is 6.92 Å². The molecule has 2 radical (unpaired) electrons. The number of fused-ring (bicyclic) bond motifs is 1. The molecule has 1 N–H and O–H groups in total. The van der Waals surface area contributed by atoms with Gasteiger partial charge in [-0.05, 0) is 24.4 Å². The van der Waals surface area contributed by atoms with E-state index in [4.69, 9.17) is 12.6 Å². The summed E-state index contributed by atoms with van der Waals surface area (Å²) in [6.07, 6.45) is 0. The maximum atomic E-state index is 11.4. The first-order chi connectivity index (χ1) is 7.20. The number of hydrogen-bond acceptors (Lipinski definition) is 2. The largest absolute Gasteiger partial charge is 0.461 e. The second kappa shape index (κ2) is 3.81. The third kappa shape index (κ3) is 1.88. The van der Waals surface area contributed by atoms with Crippen LogP contribution >= 0.6 is 0 Å². The van der Waals surface area contributed by atoms with Gasteiger partial charge in [-0.3, -0.25) is 0 Å². The third-order valence-electron chi connectivity index (χ3n) is 2.14. The zero-order valence-electron chi connectivity index (χ0n) is 8.41. The third-order valence-corrected chi connectivity index (χ3v) is 2.14. The van der Waals surface area contributed by atoms with Crippen LogP contribution in [0.3, 0.4) is 0 Å². The number of hydrogen-bond donors (Lipinski definition) is 1. The first-order valence-electron chi connectivity index (χ1n) is 4.76. The van der Waals surface area contributed by atoms with Crippen molar-refractivity contribution in [1.29, 1.82) is 0 Å². The highest BCUT2D eigenvalue weighted by molar-refractivity contribution is 6.33. The number of carbonyl (C=O) groups is 1. The van der Waals surface area contributed by atoms with E-state index in [2.05, 4.69) is 4.98 Å². The summed E-state index contributed by atoms with van der Waals surface area (Å²) in [6.45, 7) is 2.15. The van der Waals surface area contributed by atoms with Gasteiger partial charge in [-0.2, -0.15) is 0 Å². The van der Waals surface area contributed by atoms with Crippen molar-refractivity contribution in [1.82, 2.24) is 4.98 Å². The minimum Gasteiger partial charge on any atom is -0.461 e. The van der Waals surface area contributed by atoms with Crippen molar-refractivity contribution in [2.75, 3.05) is 6.61 Å². The molecule has 0 atom stereocenters. The Morgan fingerprint density at radius 2 is 2.27 bits per heavy atom. The lowest BCUT2D eigenvalue weighted by atomic mass is 9.95. The van der Waals surface area contributed by atoms with E-state index in [0.717, 1.165) is 10.9 Å². The van der Waals surface area contributed by atoms with Crippen LogP contribution < -0.4 is 5.46 Å². The first kappa shape index (κ1) is 9.83. The normalized spacial score (nSPS) is 10.5. The van der Waals surface area contributed by atoms with Crippen LogP contribution in [0.2, 0.25) is 0 Å². The zero-order valence-corrected chi connectivity index (χ0v) is 8.41. The maximum absolute atomic E-state index is 11.4. The molecule has 0 bridgehead atoms. The van der Waals surface area contributed by atoms with E-state index in [1.807, 2.05) is 12.1 Å². The molecule has 0 saturated heterocycles. The quantitative estimate of drug-likeness (QED) is 0.582. The number of aromatic nitrogens is 1. The molecule has 15 heavy (non-hydrogen) atoms. The van der Waals surface area contributed by atoms with Crippen LogP contribution in [0, 0.1) is 0 Å². The Balaban J connectivity index is 2.42. The minimum absolute atomic E-state index is 0.340. The smallest absolute Gasteiger partial charge is 0.354 e. The van der Waals surface area contributed by atoms with E-state index in [1.165, 1.54) is 0 Å². The average Bonchev–Trinajstić information content (AvgIpc) is 2.60. The van der Waals surface area contributed by atoms with Crippen LogP contribution in [0.25, 0.3) is 10.9 Å². The van der Waals surface area contributed by atoms with E-state index in [1.54, 1.807) is 19.1 Å². The lowest BCUT2D eigenvalue weighted by Crippen LogP contribution is -2.04. The van der Waals surface area contributed by atoms with E-state index < -0.39 is 0 Å². The standard InChI is InChI=1S/C11H10BNO2/c1-2-15-11(14)10-6-7-5-8(12)3-4-9(7)13-10/h3-6,13H,2H2,1H3. The highest BCUT2D eigenvalue weighted by Crippen LogP contribution is 2.14. The molecule has 0 aliphatic heterocycles. The Labute approximate surface area is 88.8 Å². The van der Waals surface area contributed by atoms with E-state index in [0.29, 0.717) is 17.8 Å². The van der Waals surface area contributed by atoms with Crippen LogP contribution in [-0.2, 0) is 4.74 Å². The van der Waals surface area contributed by atoms with Gasteiger partial charge in [0.2, 0.25) is 0 Å².